The number of hydrogen-bond acceptors (Lipinski definition) is 5. The number of H-pyrrole nitrogens is 1. The van der Waals surface area contributed by atoms with E-state index in [-0.39, 0.29) is 16.6 Å². The van der Waals surface area contributed by atoms with E-state index >= 15 is 0 Å². The van der Waals surface area contributed by atoms with Crippen molar-refractivity contribution in [2.75, 3.05) is 11.4 Å². The van der Waals surface area contributed by atoms with Gasteiger partial charge in [-0.1, -0.05) is 80.1 Å². The minimum absolute atomic E-state index is 0.0645. The van der Waals surface area contributed by atoms with E-state index in [1.165, 1.54) is 0 Å². The van der Waals surface area contributed by atoms with E-state index in [4.69, 9.17) is 11.6 Å². The molecule has 0 radical (unpaired) electrons. The second kappa shape index (κ2) is 9.04. The van der Waals surface area contributed by atoms with Gasteiger partial charge in [0, 0.05) is 35.0 Å². The number of thioether (sulfide) groups is 1. The number of nitrogens with zero attached hydrogens (tertiary/aromatic N) is 4. The lowest BCUT2D eigenvalue weighted by atomic mass is 9.92. The first kappa shape index (κ1) is 22.9. The van der Waals surface area contributed by atoms with Crippen LogP contribution in [-0.4, -0.2) is 38.3 Å². The molecule has 1 N–H and O–H groups in total. The summed E-state index contributed by atoms with van der Waals surface area (Å²) in [7, 11) is 0. The molecule has 6 nitrogen and oxygen atoms in total. The number of anilines is 1. The Labute approximate surface area is 208 Å². The fourth-order valence-corrected chi connectivity index (χ4v) is 5.98. The zero-order valence-corrected chi connectivity index (χ0v) is 21.0. The lowest BCUT2D eigenvalue weighted by Crippen LogP contribution is -2.43. The molecule has 0 saturated carbocycles. The van der Waals surface area contributed by atoms with Crippen LogP contribution in [0.3, 0.4) is 0 Å². The smallest absolute Gasteiger partial charge is 0.240 e. The predicted octanol–water partition coefficient (Wildman–Crippen LogP) is 5.91. The van der Waals surface area contributed by atoms with Crippen LogP contribution in [0.2, 0.25) is 5.02 Å². The van der Waals surface area contributed by atoms with Gasteiger partial charge in [0.1, 0.15) is 0 Å². The number of benzene rings is 3. The molecule has 1 aliphatic rings. The monoisotopic (exact) mass is 491 g/mol. The molecule has 0 bridgehead atoms. The maximum absolute atomic E-state index is 13.8. The van der Waals surface area contributed by atoms with Gasteiger partial charge >= 0.3 is 0 Å². The van der Waals surface area contributed by atoms with Crippen LogP contribution in [0.25, 0.3) is 21.9 Å². The normalized spacial score (nSPS) is 16.5. The fraction of sp³-hybridized carbons (Fsp3) is 0.308. The quantitative estimate of drug-likeness (QED) is 0.384. The molecular weight excluding hydrogens is 466 g/mol. The van der Waals surface area contributed by atoms with E-state index in [1.807, 2.05) is 29.2 Å². The summed E-state index contributed by atoms with van der Waals surface area (Å²) in [5, 5.41) is 17.0. The number of aromatic nitrogens is 4. The van der Waals surface area contributed by atoms with Gasteiger partial charge in [-0.25, -0.2) is 0 Å². The molecule has 0 saturated heterocycles. The van der Waals surface area contributed by atoms with Crippen molar-refractivity contribution >= 4 is 45.7 Å². The van der Waals surface area contributed by atoms with E-state index in [0.29, 0.717) is 29.6 Å². The number of amides is 1. The largest absolute Gasteiger partial charge is 0.311 e. The van der Waals surface area contributed by atoms with E-state index in [0.717, 1.165) is 33.2 Å². The molecule has 0 aliphatic carbocycles. The molecule has 1 aromatic heterocycles. The Bertz CT molecular complexity index is 1340. The Balaban J connectivity index is 1.67. The summed E-state index contributed by atoms with van der Waals surface area (Å²) in [5.41, 5.74) is 4.01. The molecule has 8 heteroatoms. The average Bonchev–Trinajstić information content (AvgIpc) is 3.28. The Morgan fingerprint density at radius 2 is 1.91 bits per heavy atom. The van der Waals surface area contributed by atoms with Gasteiger partial charge in [-0.05, 0) is 39.4 Å². The van der Waals surface area contributed by atoms with Gasteiger partial charge in [0.05, 0.1) is 5.25 Å². The minimum atomic E-state index is -0.313. The van der Waals surface area contributed by atoms with Crippen molar-refractivity contribution < 1.29 is 4.79 Å². The number of hydrogen-bond donors (Lipinski definition) is 1. The maximum Gasteiger partial charge on any atom is 0.240 e. The Kier molecular flexibility index (Phi) is 6.08. The Hall–Kier alpha value is -2.90. The second-order valence-corrected chi connectivity index (χ2v) is 11.4. The summed E-state index contributed by atoms with van der Waals surface area (Å²) >= 11 is 8.49. The van der Waals surface area contributed by atoms with Crippen LogP contribution in [0.15, 0.2) is 54.6 Å². The number of carbonyl (C=O) groups excluding carboxylic acids is 1. The van der Waals surface area contributed by atoms with E-state index in [2.05, 4.69) is 71.7 Å². The van der Waals surface area contributed by atoms with Crippen LogP contribution in [0.4, 0.5) is 5.69 Å². The molecule has 1 amide bonds. The number of tetrazole rings is 1. The number of nitrogens with one attached hydrogen (secondary N) is 1. The highest BCUT2D eigenvalue weighted by atomic mass is 35.5. The van der Waals surface area contributed by atoms with Gasteiger partial charge in [-0.3, -0.25) is 4.79 Å². The van der Waals surface area contributed by atoms with E-state index in [9.17, 15) is 4.79 Å². The van der Waals surface area contributed by atoms with E-state index in [1.54, 1.807) is 11.8 Å². The van der Waals surface area contributed by atoms with Crippen LogP contribution in [-0.2, 0) is 17.0 Å². The first-order valence-corrected chi connectivity index (χ1v) is 12.7. The molecular formula is C26H26ClN5OS. The number of rotatable bonds is 4. The highest BCUT2D eigenvalue weighted by Crippen LogP contribution is 2.45. The van der Waals surface area contributed by atoms with Gasteiger partial charge < -0.3 is 4.90 Å². The van der Waals surface area contributed by atoms with E-state index < -0.39 is 0 Å². The van der Waals surface area contributed by atoms with Crippen molar-refractivity contribution in [1.29, 1.82) is 0 Å². The standard InChI is InChI=1S/C26H26ClN5OS/c1-26(2,3)15-32-21-12-11-20(27)24(18-10-6-8-16-7-4-5-9-17(16)18)19(21)14-34-22(25(32)33)13-23-28-30-31-29-23/h4-12,22H,13-15H2,1-3H3,(H,28,29,30,31). The van der Waals surface area contributed by atoms with Crippen molar-refractivity contribution in [1.82, 2.24) is 20.6 Å². The van der Waals surface area contributed by atoms with Gasteiger partial charge in [0.2, 0.25) is 5.91 Å². The molecule has 3 aromatic carbocycles. The number of halogens is 1. The van der Waals surface area contributed by atoms with Crippen molar-refractivity contribution in [3.05, 3.63) is 71.0 Å². The lowest BCUT2D eigenvalue weighted by molar-refractivity contribution is -0.118. The SMILES string of the molecule is CC(C)(C)CN1C(=O)C(Cc2nn[nH]n2)SCc2c1ccc(Cl)c2-c1cccc2ccccc12. The maximum atomic E-state index is 13.8. The Morgan fingerprint density at radius 3 is 2.68 bits per heavy atom. The Morgan fingerprint density at radius 1 is 1.12 bits per heavy atom. The fourth-order valence-electron chi connectivity index (χ4n) is 4.51. The van der Waals surface area contributed by atoms with Gasteiger partial charge in [0.25, 0.3) is 0 Å². The molecule has 1 atom stereocenters. The summed E-state index contributed by atoms with van der Waals surface area (Å²) in [6.07, 6.45) is 0.423. The molecule has 174 valence electrons. The zero-order chi connectivity index (χ0) is 23.9. The van der Waals surface area contributed by atoms with Gasteiger partial charge in [0.15, 0.2) is 5.82 Å². The minimum Gasteiger partial charge on any atom is -0.311 e. The molecule has 34 heavy (non-hydrogen) atoms. The highest BCUT2D eigenvalue weighted by Gasteiger charge is 2.35. The third kappa shape index (κ3) is 4.42. The summed E-state index contributed by atoms with van der Waals surface area (Å²) in [5.74, 6) is 1.26. The molecule has 0 fully saturated rings. The molecule has 1 aliphatic heterocycles. The van der Waals surface area contributed by atoms with Gasteiger partial charge in [-0.2, -0.15) is 5.21 Å². The van der Waals surface area contributed by atoms with Crippen LogP contribution in [0, 0.1) is 5.41 Å². The predicted molar refractivity (Wildman–Crippen MR) is 139 cm³/mol. The second-order valence-electron chi connectivity index (χ2n) is 9.76. The van der Waals surface area contributed by atoms with Crippen LogP contribution in [0.5, 0.6) is 0 Å². The molecule has 5 rings (SSSR count). The van der Waals surface area contributed by atoms with Crippen molar-refractivity contribution in [3.63, 3.8) is 0 Å². The molecule has 4 aromatic rings. The first-order valence-electron chi connectivity index (χ1n) is 11.3. The van der Waals surface area contributed by atoms with Crippen molar-refractivity contribution in [3.8, 4) is 11.1 Å². The summed E-state index contributed by atoms with van der Waals surface area (Å²) in [6, 6.07) is 18.5. The first-order chi connectivity index (χ1) is 16.3. The molecule has 1 unspecified atom stereocenters. The lowest BCUT2D eigenvalue weighted by Gasteiger charge is -2.32. The number of fused-ring (bicyclic) bond motifs is 2. The van der Waals surface area contributed by atoms with Crippen molar-refractivity contribution in [2.24, 2.45) is 5.41 Å². The highest BCUT2D eigenvalue weighted by molar-refractivity contribution is 7.99. The third-order valence-corrected chi connectivity index (χ3v) is 7.49. The third-order valence-electron chi connectivity index (χ3n) is 5.95. The topological polar surface area (TPSA) is 74.8 Å². The zero-order valence-electron chi connectivity index (χ0n) is 19.4. The van der Waals surface area contributed by atoms with Crippen LogP contribution >= 0.6 is 23.4 Å². The van der Waals surface area contributed by atoms with Crippen LogP contribution in [0.1, 0.15) is 32.2 Å². The average molecular weight is 492 g/mol. The van der Waals surface area contributed by atoms with Crippen LogP contribution < -0.4 is 4.90 Å². The molecule has 2 heterocycles. The summed E-state index contributed by atoms with van der Waals surface area (Å²) in [4.78, 5) is 15.8. The van der Waals surface area contributed by atoms with Crippen molar-refractivity contribution in [2.45, 2.75) is 38.2 Å². The summed E-state index contributed by atoms with van der Waals surface area (Å²) in [6.45, 7) is 7.04. The number of aromatic amines is 1. The molecule has 0 spiro atoms. The van der Waals surface area contributed by atoms with Gasteiger partial charge in [-0.15, -0.1) is 22.0 Å². The number of carbonyl (C=O) groups is 1. The summed E-state index contributed by atoms with van der Waals surface area (Å²) < 4.78 is 0.